The van der Waals surface area contributed by atoms with Crippen molar-refractivity contribution in [2.24, 2.45) is 0 Å². The second-order valence-corrected chi connectivity index (χ2v) is 9.12. The molecule has 2 fully saturated rings. The van der Waals surface area contributed by atoms with Gasteiger partial charge in [-0.15, -0.1) is 0 Å². The molecule has 0 unspecified atom stereocenters. The number of nitrogens with zero attached hydrogens (tertiary/aromatic N) is 3. The van der Waals surface area contributed by atoms with Gasteiger partial charge in [0.2, 0.25) is 0 Å². The monoisotopic (exact) mass is 449 g/mol. The predicted octanol–water partition coefficient (Wildman–Crippen LogP) is 2.46. The highest BCUT2D eigenvalue weighted by Gasteiger charge is 2.19. The minimum absolute atomic E-state index is 0.307. The van der Waals surface area contributed by atoms with Gasteiger partial charge in [-0.2, -0.15) is 0 Å². The first-order valence-electron chi connectivity index (χ1n) is 12.3. The molecule has 1 atom stereocenters. The molecule has 2 aliphatic heterocycles. The van der Waals surface area contributed by atoms with Crippen LogP contribution in [-0.2, 0) is 11.3 Å². The van der Waals surface area contributed by atoms with Gasteiger partial charge in [-0.25, -0.2) is 0 Å². The van der Waals surface area contributed by atoms with Crippen molar-refractivity contribution >= 4 is 0 Å². The van der Waals surface area contributed by atoms with Crippen molar-refractivity contribution in [2.45, 2.75) is 44.8 Å². The number of ether oxygens (including phenoxy) is 3. The average molecular weight is 450 g/mol. The van der Waals surface area contributed by atoms with E-state index in [4.69, 9.17) is 14.2 Å². The molecule has 2 saturated heterocycles. The molecule has 3 rings (SSSR count). The number of β-amino-alcohol motifs (C(OH)–C–C–N with tert-alkyl or cyclic N) is 1. The van der Waals surface area contributed by atoms with Gasteiger partial charge in [0.05, 0.1) is 13.7 Å². The Labute approximate surface area is 194 Å². The quantitative estimate of drug-likeness (QED) is 0.557. The SMILES string of the molecule is COCCN1CCN(Cc2ccc(OC)cc2OC[C@@H](O)CN2CCCCCCC2)CC1. The Balaban J connectivity index is 1.51. The van der Waals surface area contributed by atoms with E-state index in [-0.39, 0.29) is 0 Å². The van der Waals surface area contributed by atoms with E-state index in [0.29, 0.717) is 13.2 Å². The third kappa shape index (κ3) is 8.52. The van der Waals surface area contributed by atoms with Crippen LogP contribution in [0, 0.1) is 0 Å². The second kappa shape index (κ2) is 14.0. The molecular weight excluding hydrogens is 406 g/mol. The molecule has 182 valence electrons. The third-order valence-electron chi connectivity index (χ3n) is 6.59. The van der Waals surface area contributed by atoms with Crippen molar-refractivity contribution in [1.82, 2.24) is 14.7 Å². The summed E-state index contributed by atoms with van der Waals surface area (Å²) in [4.78, 5) is 7.31. The van der Waals surface area contributed by atoms with E-state index in [2.05, 4.69) is 20.8 Å². The fourth-order valence-corrected chi connectivity index (χ4v) is 4.59. The van der Waals surface area contributed by atoms with Crippen molar-refractivity contribution in [2.75, 3.05) is 79.8 Å². The zero-order chi connectivity index (χ0) is 22.6. The van der Waals surface area contributed by atoms with Crippen molar-refractivity contribution in [3.05, 3.63) is 23.8 Å². The molecule has 0 amide bonds. The Hall–Kier alpha value is -1.38. The molecule has 0 aliphatic carbocycles. The van der Waals surface area contributed by atoms with Crippen LogP contribution < -0.4 is 9.47 Å². The second-order valence-electron chi connectivity index (χ2n) is 9.12. The first-order valence-corrected chi connectivity index (χ1v) is 12.3. The number of aliphatic hydroxyl groups excluding tert-OH is 1. The van der Waals surface area contributed by atoms with Crippen LogP contribution in [0.25, 0.3) is 0 Å². The van der Waals surface area contributed by atoms with Crippen molar-refractivity contribution in [3.8, 4) is 11.5 Å². The summed E-state index contributed by atoms with van der Waals surface area (Å²) in [5.74, 6) is 1.60. The van der Waals surface area contributed by atoms with Crippen molar-refractivity contribution in [1.29, 1.82) is 0 Å². The highest BCUT2D eigenvalue weighted by atomic mass is 16.5. The molecule has 0 aromatic heterocycles. The average Bonchev–Trinajstić information content (AvgIpc) is 2.79. The fraction of sp³-hybridized carbons (Fsp3) is 0.760. The predicted molar refractivity (Wildman–Crippen MR) is 128 cm³/mol. The lowest BCUT2D eigenvalue weighted by Crippen LogP contribution is -2.46. The van der Waals surface area contributed by atoms with Crippen LogP contribution in [0.4, 0.5) is 0 Å². The van der Waals surface area contributed by atoms with E-state index in [1.54, 1.807) is 14.2 Å². The topological polar surface area (TPSA) is 57.6 Å². The number of aliphatic hydroxyl groups is 1. The fourth-order valence-electron chi connectivity index (χ4n) is 4.59. The van der Waals surface area contributed by atoms with Gasteiger partial charge in [0.15, 0.2) is 0 Å². The summed E-state index contributed by atoms with van der Waals surface area (Å²) in [6.07, 6.45) is 5.92. The van der Waals surface area contributed by atoms with E-state index >= 15 is 0 Å². The van der Waals surface area contributed by atoms with Crippen molar-refractivity contribution in [3.63, 3.8) is 0 Å². The molecule has 1 aromatic carbocycles. The van der Waals surface area contributed by atoms with Crippen LogP contribution in [0.5, 0.6) is 11.5 Å². The zero-order valence-corrected chi connectivity index (χ0v) is 20.1. The van der Waals surface area contributed by atoms with E-state index < -0.39 is 6.10 Å². The molecular formula is C25H43N3O4. The van der Waals surface area contributed by atoms with E-state index in [0.717, 1.165) is 76.0 Å². The van der Waals surface area contributed by atoms with E-state index in [9.17, 15) is 5.11 Å². The van der Waals surface area contributed by atoms with Crippen LogP contribution in [0.1, 0.15) is 37.7 Å². The molecule has 7 heteroatoms. The normalized spacial score (nSPS) is 20.5. The van der Waals surface area contributed by atoms with Crippen LogP contribution in [0.3, 0.4) is 0 Å². The lowest BCUT2D eigenvalue weighted by Gasteiger charge is -2.34. The highest BCUT2D eigenvalue weighted by Crippen LogP contribution is 2.27. The number of benzene rings is 1. The molecule has 0 bridgehead atoms. The standard InChI is InChI=1S/C25H43N3O4/c1-30-17-16-26-12-14-28(15-13-26)19-22-8-9-24(31-2)18-25(22)32-21-23(29)20-27-10-6-4-3-5-7-11-27/h8-9,18,23,29H,3-7,10-17,19-21H2,1-2H3/t23-/m0/s1. The summed E-state index contributed by atoms with van der Waals surface area (Å²) >= 11 is 0. The van der Waals surface area contributed by atoms with Gasteiger partial charge in [-0.1, -0.05) is 25.3 Å². The Morgan fingerprint density at radius 1 is 0.875 bits per heavy atom. The van der Waals surface area contributed by atoms with Crippen LogP contribution >= 0.6 is 0 Å². The summed E-state index contributed by atoms with van der Waals surface area (Å²) < 4.78 is 16.8. The van der Waals surface area contributed by atoms with Gasteiger partial charge >= 0.3 is 0 Å². The maximum atomic E-state index is 10.6. The lowest BCUT2D eigenvalue weighted by atomic mass is 10.1. The van der Waals surface area contributed by atoms with Gasteiger partial charge < -0.3 is 24.2 Å². The molecule has 1 aromatic rings. The molecule has 2 aliphatic rings. The highest BCUT2D eigenvalue weighted by molar-refractivity contribution is 5.40. The summed E-state index contributed by atoms with van der Waals surface area (Å²) in [6, 6.07) is 6.04. The zero-order valence-electron chi connectivity index (χ0n) is 20.1. The molecule has 7 nitrogen and oxygen atoms in total. The number of hydrogen-bond acceptors (Lipinski definition) is 7. The summed E-state index contributed by atoms with van der Waals surface area (Å²) in [5.41, 5.74) is 1.15. The summed E-state index contributed by atoms with van der Waals surface area (Å²) in [6.45, 7) is 9.97. The maximum absolute atomic E-state index is 10.6. The van der Waals surface area contributed by atoms with Gasteiger partial charge in [0.25, 0.3) is 0 Å². The summed E-state index contributed by atoms with van der Waals surface area (Å²) in [5, 5.41) is 10.6. The first-order chi connectivity index (χ1) is 15.7. The number of likely N-dealkylation sites (tertiary alicyclic amines) is 1. The Kier molecular flexibility index (Phi) is 11.1. The molecule has 2 heterocycles. The minimum Gasteiger partial charge on any atom is -0.497 e. The van der Waals surface area contributed by atoms with Crippen LogP contribution in [0.2, 0.25) is 0 Å². The molecule has 0 spiro atoms. The number of rotatable bonds is 11. The molecule has 32 heavy (non-hydrogen) atoms. The summed E-state index contributed by atoms with van der Waals surface area (Å²) in [7, 11) is 3.43. The largest absolute Gasteiger partial charge is 0.497 e. The molecule has 1 N–H and O–H groups in total. The lowest BCUT2D eigenvalue weighted by molar-refractivity contribution is 0.0640. The molecule has 0 radical (unpaired) electrons. The molecule has 0 saturated carbocycles. The number of piperazine rings is 1. The van der Waals surface area contributed by atoms with Gasteiger partial charge in [-0.05, 0) is 32.0 Å². The Morgan fingerprint density at radius 2 is 1.56 bits per heavy atom. The number of hydrogen-bond donors (Lipinski definition) is 1. The van der Waals surface area contributed by atoms with Crippen molar-refractivity contribution < 1.29 is 19.3 Å². The first kappa shape index (κ1) is 25.2. The Morgan fingerprint density at radius 3 is 2.25 bits per heavy atom. The van der Waals surface area contributed by atoms with Gasteiger partial charge in [0, 0.05) is 64.6 Å². The van der Waals surface area contributed by atoms with E-state index in [1.165, 1.54) is 32.1 Å². The third-order valence-corrected chi connectivity index (χ3v) is 6.59. The smallest absolute Gasteiger partial charge is 0.127 e. The van der Waals surface area contributed by atoms with Crippen LogP contribution in [0.15, 0.2) is 18.2 Å². The number of methoxy groups -OCH3 is 2. The van der Waals surface area contributed by atoms with Crippen LogP contribution in [-0.4, -0.2) is 106 Å². The minimum atomic E-state index is -0.488. The maximum Gasteiger partial charge on any atom is 0.127 e. The van der Waals surface area contributed by atoms with Gasteiger partial charge in [-0.3, -0.25) is 9.80 Å². The van der Waals surface area contributed by atoms with E-state index in [1.807, 2.05) is 12.1 Å². The van der Waals surface area contributed by atoms with Gasteiger partial charge in [0.1, 0.15) is 24.2 Å². The Bertz CT molecular complexity index is 644.